The molecule has 0 saturated heterocycles. The molecule has 0 aliphatic heterocycles. The molecule has 0 radical (unpaired) electrons. The molecule has 0 fully saturated rings. The molecule has 0 spiro atoms. The van der Waals surface area contributed by atoms with E-state index in [-0.39, 0.29) is 0 Å². The fourth-order valence-corrected chi connectivity index (χ4v) is 5.46. The van der Waals surface area contributed by atoms with E-state index in [9.17, 15) is 0 Å². The van der Waals surface area contributed by atoms with Gasteiger partial charge in [-0.05, 0) is 0 Å². The average Bonchev–Trinajstić information content (AvgIpc) is 2.87. The van der Waals surface area contributed by atoms with Crippen LogP contribution >= 0.6 is 35.2 Å². The third-order valence-corrected chi connectivity index (χ3v) is 7.48. The Bertz CT molecular complexity index is 612. The number of hydrogen-bond acceptors (Lipinski definition) is 9. The molecule has 0 unspecified atom stereocenters. The first-order valence-corrected chi connectivity index (χ1v) is 17.7. The van der Waals surface area contributed by atoms with Gasteiger partial charge in [0, 0.05) is 64.0 Å². The van der Waals surface area contributed by atoms with Crippen LogP contribution in [-0.4, -0.2) is 64.0 Å². The van der Waals surface area contributed by atoms with Crippen molar-refractivity contribution in [3.05, 3.63) is 41.0 Å². The van der Waals surface area contributed by atoms with Gasteiger partial charge >= 0.3 is 123 Å². The van der Waals surface area contributed by atoms with Crippen molar-refractivity contribution in [1.29, 1.82) is 0 Å². The molecular formula is C20H38ClO10P3W. The van der Waals surface area contributed by atoms with Crippen LogP contribution in [0.1, 0.15) is 22.3 Å². The molecule has 0 aromatic heterocycles. The molecule has 1 aromatic rings. The molecule has 15 heteroatoms. The molecule has 0 heterocycles. The Kier molecular flexibility index (Phi) is 39.9. The summed E-state index contributed by atoms with van der Waals surface area (Å²) in [5, 5.41) is 0. The van der Waals surface area contributed by atoms with E-state index in [1.54, 1.807) is 64.0 Å². The van der Waals surface area contributed by atoms with Crippen LogP contribution in [-0.2, 0) is 62.2 Å². The van der Waals surface area contributed by atoms with E-state index in [0.717, 1.165) is 0 Å². The van der Waals surface area contributed by atoms with Gasteiger partial charge < -0.3 is 40.7 Å². The molecule has 10 nitrogen and oxygen atoms in total. The van der Waals surface area contributed by atoms with Crippen LogP contribution in [0, 0.1) is 31.6 Å². The van der Waals surface area contributed by atoms with Crippen molar-refractivity contribution in [2.45, 2.75) is 20.8 Å². The van der Waals surface area contributed by atoms with E-state index in [4.69, 9.17) is 14.1 Å². The molecule has 35 heavy (non-hydrogen) atoms. The normalized spacial score (nSPS) is 9.43. The zero-order valence-electron chi connectivity index (χ0n) is 22.4. The Labute approximate surface area is 226 Å². The number of aryl methyl sites for hydroxylation is 3. The van der Waals surface area contributed by atoms with Crippen LogP contribution in [0.2, 0.25) is 0 Å². The van der Waals surface area contributed by atoms with E-state index in [2.05, 4.69) is 84.5 Å². The van der Waals surface area contributed by atoms with Crippen LogP contribution < -0.4 is 0 Å². The Hall–Kier alpha value is 0.648. The second-order valence-electron chi connectivity index (χ2n) is 5.27. The standard InChI is InChI=1S/C10H11.3C3H9O3P.CO.ClH.W/c1-7-5-8(2)10(4)9(3)6-7;3*1-4-7(5-2)6-3;1-2;;/h5-6H,1-3H3;3*1-3H3;;1H;/q;;;;;;+1/p-1. The van der Waals surface area contributed by atoms with E-state index < -0.39 is 42.7 Å². The molecule has 0 atom stereocenters. The molecule has 0 aliphatic rings. The molecule has 1 aromatic carbocycles. The van der Waals surface area contributed by atoms with Gasteiger partial charge in [-0.3, -0.25) is 0 Å². The number of halogens is 1. The van der Waals surface area contributed by atoms with Crippen LogP contribution in [0.5, 0.6) is 0 Å². The minimum atomic E-state index is -1.05. The summed E-state index contributed by atoms with van der Waals surface area (Å²) in [5.74, 6) is 0. The van der Waals surface area contributed by atoms with E-state index in [0.29, 0.717) is 0 Å². The Morgan fingerprint density at radius 2 is 0.857 bits per heavy atom. The summed E-state index contributed by atoms with van der Waals surface area (Å²) in [6.45, 7) is 10.9. The van der Waals surface area contributed by atoms with Crippen LogP contribution in [0.4, 0.5) is 0 Å². The number of benzene rings is 1. The van der Waals surface area contributed by atoms with Gasteiger partial charge in [-0.2, -0.15) is 0 Å². The first kappa shape index (κ1) is 42.7. The van der Waals surface area contributed by atoms with Crippen molar-refractivity contribution in [3.63, 3.8) is 0 Å². The number of hydrogen-bond donors (Lipinski definition) is 0. The topological polar surface area (TPSA) is 103 Å². The van der Waals surface area contributed by atoms with E-state index in [1.807, 2.05) is 0 Å². The summed E-state index contributed by atoms with van der Waals surface area (Å²) in [6.07, 6.45) is 0. The summed E-state index contributed by atoms with van der Waals surface area (Å²) in [5.41, 5.74) is 5.15. The van der Waals surface area contributed by atoms with Crippen molar-refractivity contribution in [2.24, 2.45) is 0 Å². The summed E-state index contributed by atoms with van der Waals surface area (Å²) >= 11 is -0.833. The minimum absolute atomic E-state index is 0.833. The summed E-state index contributed by atoms with van der Waals surface area (Å²) in [4.78, 5) is 0. The fraction of sp³-hybridized carbons (Fsp3) is 0.600. The van der Waals surface area contributed by atoms with Crippen molar-refractivity contribution in [1.82, 2.24) is 0 Å². The Morgan fingerprint density at radius 3 is 1.00 bits per heavy atom. The second-order valence-corrected chi connectivity index (χ2v) is 12.4. The van der Waals surface area contributed by atoms with Crippen LogP contribution in [0.15, 0.2) is 12.1 Å². The van der Waals surface area contributed by atoms with Crippen LogP contribution in [0.25, 0.3) is 0 Å². The van der Waals surface area contributed by atoms with E-state index >= 15 is 0 Å². The summed E-state index contributed by atoms with van der Waals surface area (Å²) in [7, 11) is 16.5. The third kappa shape index (κ3) is 26.1. The van der Waals surface area contributed by atoms with Gasteiger partial charge in [0.15, 0.2) is 0 Å². The van der Waals surface area contributed by atoms with Gasteiger partial charge in [0.1, 0.15) is 0 Å². The Morgan fingerprint density at radius 1 is 0.629 bits per heavy atom. The first-order valence-electron chi connectivity index (χ1n) is 9.28. The maximum absolute atomic E-state index is 7.50. The van der Waals surface area contributed by atoms with Crippen molar-refractivity contribution in [3.8, 4) is 4.20 Å². The van der Waals surface area contributed by atoms with Crippen molar-refractivity contribution in [2.75, 3.05) is 64.0 Å². The molecule has 0 aliphatic carbocycles. The van der Waals surface area contributed by atoms with Crippen LogP contribution in [0.3, 0.4) is 0 Å². The molecule has 1 rings (SSSR count). The van der Waals surface area contributed by atoms with Crippen molar-refractivity contribution < 1.29 is 62.2 Å². The first-order chi connectivity index (χ1) is 16.7. The fourth-order valence-electron chi connectivity index (χ4n) is 2.05. The second kappa shape index (κ2) is 32.7. The molecule has 0 bridgehead atoms. The Balaban J connectivity index is -0.000000185. The van der Waals surface area contributed by atoms with E-state index in [1.165, 1.54) is 22.3 Å². The molecule has 206 valence electrons. The zero-order valence-corrected chi connectivity index (χ0v) is 28.7. The van der Waals surface area contributed by atoms with Gasteiger partial charge in [-0.25, -0.2) is 0 Å². The van der Waals surface area contributed by atoms with Gasteiger partial charge in [-0.15, -0.1) is 0 Å². The van der Waals surface area contributed by atoms with Gasteiger partial charge in [0.2, 0.25) is 0 Å². The third-order valence-electron chi connectivity index (χ3n) is 3.16. The summed E-state index contributed by atoms with van der Waals surface area (Å²) in [6, 6.07) is 4.36. The molecular weight excluding hydrogens is 712 g/mol. The zero-order chi connectivity index (χ0) is 28.2. The summed E-state index contributed by atoms with van der Waals surface area (Å²) < 4.78 is 52.8. The van der Waals surface area contributed by atoms with Crippen molar-refractivity contribution >= 4 is 35.2 Å². The SMILES string of the molecule is COP(OC)OC.COP(OC)OC.COP(OC)OC.Cc1cc(C)c([C]#[W][Cl])c(C)c1.[C-]#[O+]. The van der Waals surface area contributed by atoms with Gasteiger partial charge in [0.25, 0.3) is 0 Å². The average molecular weight is 751 g/mol. The predicted molar refractivity (Wildman–Crippen MR) is 137 cm³/mol. The molecule has 0 saturated carbocycles. The molecule has 0 amide bonds. The number of rotatable bonds is 9. The predicted octanol–water partition coefficient (Wildman–Crippen LogP) is 6.58. The van der Waals surface area contributed by atoms with Gasteiger partial charge in [0.05, 0.1) is 0 Å². The van der Waals surface area contributed by atoms with Gasteiger partial charge in [-0.1, -0.05) is 0 Å². The molecule has 0 N–H and O–H groups in total. The monoisotopic (exact) mass is 750 g/mol. The maximum atomic E-state index is 7.50. The quantitative estimate of drug-likeness (QED) is 0.158.